The predicted molar refractivity (Wildman–Crippen MR) is 313 cm³/mol. The number of carbonyl (C=O) groups excluding carboxylic acids is 2. The number of benzene rings is 4. The summed E-state index contributed by atoms with van der Waals surface area (Å²) in [5.41, 5.74) is 7.39. The Kier molecular flexibility index (Phi) is 18.0. The van der Waals surface area contributed by atoms with Crippen molar-refractivity contribution < 1.29 is 49.1 Å². The second kappa shape index (κ2) is 24.6. The van der Waals surface area contributed by atoms with Crippen molar-refractivity contribution in [1.82, 2.24) is 9.80 Å². The van der Waals surface area contributed by atoms with Gasteiger partial charge in [-0.15, -0.1) is 13.2 Å². The van der Waals surface area contributed by atoms with Crippen LogP contribution in [0.25, 0.3) is 0 Å². The SMILES string of the molecule is C=C[C@H](O)[C@@H]1CC[C@H]1CN1C[C@@]2(CCCc3cc(Cl)ccc32)COc2ccc([C@@H](CC(=O)N(C)C)C(=O)O)cc21.C=C[C@H](O)[C@@H]1CC[C@H]1CN1C[C@@]2(CCCc3cc(Cl)ccc32)COc2ccc([C@H](CC(=O)N(C)C)C(=O)O)cc21. The molecule has 16 heteroatoms. The number of anilines is 2. The standard InChI is InChI=1S/2C32H39ClN2O5/c2*1-4-28(36)24-10-7-22(24)17-35-18-32(13-5-6-21-14-23(33)9-11-26(21)32)19-40-29-12-8-20(15-27(29)35)25(31(38)39)16-30(37)34(2)3/h2*4,8-9,11-12,14-15,22,24-25,28,36H,1,5-7,10,13,16-19H2,2-3H3,(H,38,39)/t22-,24+,25+,28-,32-;22-,24+,25-,28-,32-/m00/s1. The summed E-state index contributed by atoms with van der Waals surface area (Å²) < 4.78 is 13.1. The van der Waals surface area contributed by atoms with E-state index in [1.54, 1.807) is 52.5 Å². The number of aryl methyl sites for hydroxylation is 2. The Morgan fingerprint density at radius 2 is 1.02 bits per heavy atom. The van der Waals surface area contributed by atoms with E-state index in [4.69, 9.17) is 32.7 Å². The summed E-state index contributed by atoms with van der Waals surface area (Å²) in [5.74, 6) is -2.18. The quantitative estimate of drug-likeness (QED) is 0.0782. The molecule has 0 radical (unpaired) electrons. The molecular weight excluding hydrogens is 1060 g/mol. The average Bonchev–Trinajstić information content (AvgIpc) is 3.75. The van der Waals surface area contributed by atoms with Crippen LogP contribution in [-0.4, -0.2) is 134 Å². The molecule has 428 valence electrons. The Labute approximate surface area is 480 Å². The number of aliphatic hydroxyl groups is 2. The molecule has 2 spiro atoms. The maximum absolute atomic E-state index is 12.5. The van der Waals surface area contributed by atoms with Gasteiger partial charge in [0.2, 0.25) is 11.8 Å². The number of rotatable bonds is 16. The molecule has 2 fully saturated rings. The first-order valence-electron chi connectivity index (χ1n) is 28.3. The van der Waals surface area contributed by atoms with Gasteiger partial charge in [-0.3, -0.25) is 19.2 Å². The minimum atomic E-state index is -1.03. The van der Waals surface area contributed by atoms with E-state index in [1.165, 1.54) is 32.1 Å². The topological polar surface area (TPSA) is 181 Å². The first-order chi connectivity index (χ1) is 38.2. The third-order valence-electron chi connectivity index (χ3n) is 18.5. The first-order valence-corrected chi connectivity index (χ1v) is 29.1. The lowest BCUT2D eigenvalue weighted by atomic mass is 9.68. The van der Waals surface area contributed by atoms with Crippen LogP contribution in [0, 0.1) is 23.7 Å². The summed E-state index contributed by atoms with van der Waals surface area (Å²) in [4.78, 5) is 57.1. The second-order valence-corrected chi connectivity index (χ2v) is 24.8. The molecule has 2 amide bonds. The fourth-order valence-electron chi connectivity index (χ4n) is 13.6. The van der Waals surface area contributed by atoms with Gasteiger partial charge in [-0.25, -0.2) is 0 Å². The summed E-state index contributed by atoms with van der Waals surface area (Å²) in [6, 6.07) is 23.4. The highest BCUT2D eigenvalue weighted by molar-refractivity contribution is 6.31. The summed E-state index contributed by atoms with van der Waals surface area (Å²) in [6.45, 7) is 11.5. The Morgan fingerprint density at radius 3 is 1.36 bits per heavy atom. The van der Waals surface area contributed by atoms with Gasteiger partial charge in [-0.2, -0.15) is 0 Å². The molecule has 0 bridgehead atoms. The third kappa shape index (κ3) is 12.2. The number of carboxylic acid groups (broad SMARTS) is 2. The number of nitrogens with zero attached hydrogens (tertiary/aromatic N) is 4. The van der Waals surface area contributed by atoms with Crippen LogP contribution in [0.5, 0.6) is 11.5 Å². The van der Waals surface area contributed by atoms with Gasteiger partial charge in [0.15, 0.2) is 0 Å². The number of carbonyl (C=O) groups is 4. The lowest BCUT2D eigenvalue weighted by molar-refractivity contribution is -0.142. The van der Waals surface area contributed by atoms with Crippen molar-refractivity contribution in [2.75, 3.05) is 77.4 Å². The molecule has 0 aromatic heterocycles. The third-order valence-corrected chi connectivity index (χ3v) is 19.0. The van der Waals surface area contributed by atoms with Gasteiger partial charge >= 0.3 is 11.9 Å². The lowest BCUT2D eigenvalue weighted by Gasteiger charge is -2.45. The Balaban J connectivity index is 0.000000194. The molecule has 2 aliphatic heterocycles. The molecule has 10 atom stereocenters. The van der Waals surface area contributed by atoms with Crippen molar-refractivity contribution in [2.45, 2.75) is 112 Å². The molecule has 4 aromatic carbocycles. The van der Waals surface area contributed by atoms with Gasteiger partial charge in [0.05, 0.1) is 48.6 Å². The Morgan fingerprint density at radius 1 is 0.625 bits per heavy atom. The monoisotopic (exact) mass is 1130 g/mol. The molecule has 0 saturated heterocycles. The van der Waals surface area contributed by atoms with Gasteiger partial charge in [0.25, 0.3) is 0 Å². The van der Waals surface area contributed by atoms with Crippen molar-refractivity contribution in [2.24, 2.45) is 23.7 Å². The highest BCUT2D eigenvalue weighted by atomic mass is 35.5. The molecule has 2 saturated carbocycles. The van der Waals surface area contributed by atoms with Crippen LogP contribution in [0.3, 0.4) is 0 Å². The van der Waals surface area contributed by atoms with Crippen molar-refractivity contribution in [3.8, 4) is 11.5 Å². The first kappa shape index (κ1) is 58.6. The van der Waals surface area contributed by atoms with Crippen LogP contribution in [0.1, 0.15) is 109 Å². The van der Waals surface area contributed by atoms with E-state index in [-0.39, 0.29) is 59.2 Å². The van der Waals surface area contributed by atoms with Crippen molar-refractivity contribution in [1.29, 1.82) is 0 Å². The number of fused-ring (bicyclic) bond motifs is 6. The molecule has 4 N–H and O–H groups in total. The fraction of sp³-hybridized carbons (Fsp3) is 0.500. The summed E-state index contributed by atoms with van der Waals surface area (Å²) in [7, 11) is 6.54. The van der Waals surface area contributed by atoms with E-state index in [0.717, 1.165) is 85.6 Å². The van der Waals surface area contributed by atoms with Gasteiger partial charge in [-0.05, 0) is 170 Å². The number of carboxylic acids is 2. The number of hydrogen-bond donors (Lipinski definition) is 4. The van der Waals surface area contributed by atoms with Crippen LogP contribution in [0.4, 0.5) is 11.4 Å². The van der Waals surface area contributed by atoms with E-state index in [2.05, 4.69) is 47.2 Å². The maximum Gasteiger partial charge on any atom is 0.311 e. The number of amides is 2. The van der Waals surface area contributed by atoms with Crippen LogP contribution in [0.2, 0.25) is 10.0 Å². The maximum atomic E-state index is 12.5. The van der Waals surface area contributed by atoms with Crippen LogP contribution in [-0.2, 0) is 42.8 Å². The zero-order chi connectivity index (χ0) is 57.2. The largest absolute Gasteiger partial charge is 0.490 e. The zero-order valence-corrected chi connectivity index (χ0v) is 48.1. The van der Waals surface area contributed by atoms with E-state index in [9.17, 15) is 39.6 Å². The number of halogens is 2. The Hall–Kier alpha value is -6.06. The minimum absolute atomic E-state index is 0.115. The number of hydrogen-bond acceptors (Lipinski definition) is 10. The zero-order valence-electron chi connectivity index (χ0n) is 46.6. The van der Waals surface area contributed by atoms with Crippen LogP contribution < -0.4 is 19.3 Å². The highest BCUT2D eigenvalue weighted by Gasteiger charge is 2.46. The number of aliphatic hydroxyl groups excluding tert-OH is 2. The molecule has 0 unspecified atom stereocenters. The lowest BCUT2D eigenvalue weighted by Crippen LogP contribution is -2.49. The van der Waals surface area contributed by atoms with Gasteiger partial charge in [-0.1, -0.05) is 59.6 Å². The van der Waals surface area contributed by atoms with Gasteiger partial charge < -0.3 is 49.5 Å². The molecular formula is C64H78Cl2N4O10. The van der Waals surface area contributed by atoms with Gasteiger partial charge in [0.1, 0.15) is 11.5 Å². The van der Waals surface area contributed by atoms with Crippen molar-refractivity contribution in [3.63, 3.8) is 0 Å². The molecule has 14 nitrogen and oxygen atoms in total. The molecule has 80 heavy (non-hydrogen) atoms. The second-order valence-electron chi connectivity index (χ2n) is 23.9. The summed E-state index contributed by atoms with van der Waals surface area (Å²) in [5, 5.41) is 42.7. The minimum Gasteiger partial charge on any atom is -0.490 e. The Bertz CT molecular complexity index is 2790. The van der Waals surface area contributed by atoms with Crippen molar-refractivity contribution in [3.05, 3.63) is 142 Å². The van der Waals surface area contributed by atoms with E-state index < -0.39 is 36.0 Å². The summed E-state index contributed by atoms with van der Waals surface area (Å²) in [6.07, 6.45) is 11.8. The molecule has 4 aromatic rings. The van der Waals surface area contributed by atoms with Crippen LogP contribution in [0.15, 0.2) is 98.1 Å². The number of ether oxygens (including phenoxy) is 2. The van der Waals surface area contributed by atoms with E-state index in [0.29, 0.717) is 62.0 Å². The normalized spacial score (nSPS) is 24.9. The van der Waals surface area contributed by atoms with Crippen LogP contribution >= 0.6 is 23.2 Å². The van der Waals surface area contributed by atoms with E-state index >= 15 is 0 Å². The molecule has 2 heterocycles. The average molecular weight is 1130 g/mol. The van der Waals surface area contributed by atoms with E-state index in [1.807, 2.05) is 36.4 Å². The highest BCUT2D eigenvalue weighted by Crippen LogP contribution is 2.50. The van der Waals surface area contributed by atoms with Gasteiger partial charge in [0, 0.05) is 88.1 Å². The van der Waals surface area contributed by atoms with Crippen molar-refractivity contribution >= 4 is 58.3 Å². The predicted octanol–water partition coefficient (Wildman–Crippen LogP) is 10.1. The molecule has 4 aliphatic carbocycles. The fourth-order valence-corrected chi connectivity index (χ4v) is 14.0. The smallest absolute Gasteiger partial charge is 0.311 e. The molecule has 6 aliphatic rings. The summed E-state index contributed by atoms with van der Waals surface area (Å²) >= 11 is 12.7. The number of aliphatic carboxylic acids is 2. The molecule has 10 rings (SSSR count).